The Morgan fingerprint density at radius 1 is 1.18 bits per heavy atom. The lowest BCUT2D eigenvalue weighted by Crippen LogP contribution is -2.64. The number of benzene rings is 1. The fourth-order valence-electron chi connectivity index (χ4n) is 3.63. The number of aliphatic hydroxyl groups excluding tert-OH is 3. The minimum Gasteiger partial charge on any atom is -0.478 e. The van der Waals surface area contributed by atoms with Gasteiger partial charge >= 0.3 is 11.9 Å². The van der Waals surface area contributed by atoms with Gasteiger partial charge in [-0.1, -0.05) is 18.2 Å². The van der Waals surface area contributed by atoms with Crippen molar-refractivity contribution in [3.05, 3.63) is 53.4 Å². The summed E-state index contributed by atoms with van der Waals surface area (Å²) in [5.41, 5.74) is 6.28. The van der Waals surface area contributed by atoms with Gasteiger partial charge in [-0.3, -0.25) is 9.80 Å². The van der Waals surface area contributed by atoms with Crippen molar-refractivity contribution in [1.82, 2.24) is 21.3 Å². The molecule has 0 saturated carbocycles. The summed E-state index contributed by atoms with van der Waals surface area (Å²) in [4.78, 5) is 35.1. The number of carboxylic acid groups (broad SMARTS) is 2. The largest absolute Gasteiger partial charge is 0.478 e. The van der Waals surface area contributed by atoms with Crippen LogP contribution in [0.15, 0.2) is 42.3 Å². The molecule has 2 aliphatic heterocycles. The first kappa shape index (κ1) is 24.0. The molecule has 0 radical (unpaired) electrons. The summed E-state index contributed by atoms with van der Waals surface area (Å²) >= 11 is 0. The van der Waals surface area contributed by atoms with Crippen LogP contribution in [-0.2, 0) is 14.3 Å². The highest BCUT2D eigenvalue weighted by atomic mass is 16.5. The second-order valence-electron chi connectivity index (χ2n) is 7.41. The second-order valence-corrected chi connectivity index (χ2v) is 7.41. The van der Waals surface area contributed by atoms with Crippen LogP contribution in [0, 0.1) is 0 Å². The molecule has 0 unspecified atom stereocenters. The number of carbonyl (C=O) groups excluding carboxylic acids is 1. The highest BCUT2D eigenvalue weighted by Crippen LogP contribution is 2.28. The van der Waals surface area contributed by atoms with Gasteiger partial charge < -0.3 is 41.0 Å². The summed E-state index contributed by atoms with van der Waals surface area (Å²) < 4.78 is 5.35. The van der Waals surface area contributed by atoms with Gasteiger partial charge in [-0.15, -0.1) is 5.53 Å². The average molecular weight is 464 g/mol. The average Bonchev–Trinajstić information content (AvgIpc) is 3.27. The highest BCUT2D eigenvalue weighted by molar-refractivity contribution is 5.94. The molecule has 1 amide bonds. The number of ether oxygens (including phenoxy) is 1. The topological polar surface area (TPSA) is 201 Å². The van der Waals surface area contributed by atoms with Crippen molar-refractivity contribution in [2.75, 3.05) is 6.61 Å². The molecule has 5 atom stereocenters. The van der Waals surface area contributed by atoms with Crippen LogP contribution in [0.5, 0.6) is 0 Å². The van der Waals surface area contributed by atoms with E-state index < -0.39 is 60.6 Å². The van der Waals surface area contributed by atoms with Gasteiger partial charge in [0.25, 0.3) is 0 Å². The molecule has 0 spiro atoms. The van der Waals surface area contributed by atoms with Crippen LogP contribution in [0.2, 0.25) is 0 Å². The molecule has 0 bridgehead atoms. The molecule has 8 N–H and O–H groups in total. The normalized spacial score (nSPS) is 24.0. The molecule has 0 saturated heterocycles. The monoisotopic (exact) mass is 464 g/mol. The predicted octanol–water partition coefficient (Wildman–Crippen LogP) is -2.04. The summed E-state index contributed by atoms with van der Waals surface area (Å²) in [6.07, 6.45) is -2.20. The van der Waals surface area contributed by atoms with E-state index in [0.717, 1.165) is 0 Å². The number of nitrogens with zero attached hydrogens (tertiary/aromatic N) is 1. The van der Waals surface area contributed by atoms with Gasteiger partial charge in [0.2, 0.25) is 11.7 Å². The van der Waals surface area contributed by atoms with Crippen LogP contribution < -0.4 is 16.3 Å². The van der Waals surface area contributed by atoms with Crippen molar-refractivity contribution >= 4 is 23.5 Å². The lowest BCUT2D eigenvalue weighted by Gasteiger charge is -2.42. The Balaban J connectivity index is 2.02. The lowest BCUT2D eigenvalue weighted by molar-refractivity contribution is -0.147. The van der Waals surface area contributed by atoms with Crippen LogP contribution >= 0.6 is 0 Å². The van der Waals surface area contributed by atoms with E-state index in [-0.39, 0.29) is 5.56 Å². The van der Waals surface area contributed by atoms with Crippen LogP contribution in [0.1, 0.15) is 22.8 Å². The highest BCUT2D eigenvalue weighted by Gasteiger charge is 2.46. The number of aliphatic carboxylic acids is 1. The summed E-state index contributed by atoms with van der Waals surface area (Å²) in [6.45, 7) is 0.379. The van der Waals surface area contributed by atoms with Gasteiger partial charge in [-0.2, -0.15) is 0 Å². The van der Waals surface area contributed by atoms with Crippen molar-refractivity contribution in [2.45, 2.75) is 37.3 Å². The third-order valence-electron chi connectivity index (χ3n) is 5.16. The smallest absolute Gasteiger partial charge is 0.370 e. The molecule has 0 aliphatic carbocycles. The minimum atomic E-state index is -1.75. The predicted molar refractivity (Wildman–Crippen MR) is 111 cm³/mol. The zero-order valence-corrected chi connectivity index (χ0v) is 17.4. The minimum absolute atomic E-state index is 0.0198. The zero-order chi connectivity index (χ0) is 24.3. The lowest BCUT2D eigenvalue weighted by atomic mass is 9.91. The number of nitrogens with one attached hydrogen (secondary N) is 3. The van der Waals surface area contributed by atoms with Crippen molar-refractivity contribution < 1.29 is 44.7 Å². The fourth-order valence-corrected chi connectivity index (χ4v) is 3.63. The van der Waals surface area contributed by atoms with Gasteiger partial charge in [-0.25, -0.2) is 9.59 Å². The van der Waals surface area contributed by atoms with Gasteiger partial charge in [0.1, 0.15) is 18.3 Å². The Bertz CT molecular complexity index is 996. The summed E-state index contributed by atoms with van der Waals surface area (Å²) in [5.74, 6) is -3.68. The Morgan fingerprint density at radius 3 is 2.48 bits per heavy atom. The van der Waals surface area contributed by atoms with Crippen molar-refractivity contribution in [1.29, 1.82) is 0 Å². The molecule has 0 fully saturated rings. The van der Waals surface area contributed by atoms with Gasteiger partial charge in [-0.05, 0) is 12.1 Å². The molecule has 1 aromatic carbocycles. The number of amides is 1. The third-order valence-corrected chi connectivity index (χ3v) is 5.16. The van der Waals surface area contributed by atoms with Crippen molar-refractivity contribution in [3.8, 4) is 0 Å². The Kier molecular flexibility index (Phi) is 7.18. The molecule has 1 aromatic rings. The molecule has 0 aromatic heterocycles. The Labute approximate surface area is 187 Å². The first-order valence-corrected chi connectivity index (χ1v) is 9.84. The van der Waals surface area contributed by atoms with Crippen molar-refractivity contribution in [2.24, 2.45) is 0 Å². The Morgan fingerprint density at radius 2 is 1.88 bits per heavy atom. The van der Waals surface area contributed by atoms with Gasteiger partial charge in [0.15, 0.2) is 0 Å². The number of hydrazine groups is 2. The van der Waals surface area contributed by atoms with Crippen molar-refractivity contribution in [3.63, 3.8) is 0 Å². The number of hydrogen-bond acceptors (Lipinski definition) is 10. The maximum Gasteiger partial charge on any atom is 0.370 e. The number of hydrogen-bond donors (Lipinski definition) is 8. The van der Waals surface area contributed by atoms with E-state index in [1.165, 1.54) is 30.3 Å². The van der Waals surface area contributed by atoms with Crippen LogP contribution in [0.3, 0.4) is 0 Å². The van der Waals surface area contributed by atoms with E-state index in [1.54, 1.807) is 18.2 Å². The first-order chi connectivity index (χ1) is 15.6. The quantitative estimate of drug-likeness (QED) is 0.210. The number of carboxylic acids is 2. The van der Waals surface area contributed by atoms with Crippen LogP contribution in [0.4, 0.5) is 0 Å². The molecule has 33 heavy (non-hydrogen) atoms. The standard InChI is InChI=1S/C20H24N4O9/c1-9(26)21-16-13(6-15(20(31)32)33-18(16)17(28)14(27)8-25)24-7-12(22-23-24)10-4-2-3-5-11(10)19(29)30/h2-7,13-14,16-18,22-23,25,27-28H,8H2,1H3,(H,21,26)(H,29,30)(H,31,32)/t13-,14+,16+,17+,18+/m0/s1. The number of rotatable bonds is 8. The van der Waals surface area contributed by atoms with E-state index in [9.17, 15) is 39.9 Å². The van der Waals surface area contributed by atoms with E-state index in [2.05, 4.69) is 16.3 Å². The summed E-state index contributed by atoms with van der Waals surface area (Å²) in [7, 11) is 0. The molecule has 3 rings (SSSR count). The third kappa shape index (κ3) is 5.06. The van der Waals surface area contributed by atoms with Crippen LogP contribution in [-0.4, -0.2) is 85.4 Å². The number of carbonyl (C=O) groups is 3. The SMILES string of the molecule is CC(=O)N[C@H]1[C@H]([C@H](O)[C@H](O)CO)OC(C(=O)O)=C[C@@H]1N1C=C(c2ccccc2C(=O)O)NN1. The second kappa shape index (κ2) is 9.87. The van der Waals surface area contributed by atoms with E-state index in [1.807, 2.05) is 0 Å². The molecular formula is C20H24N4O9. The first-order valence-electron chi connectivity index (χ1n) is 9.84. The summed E-state index contributed by atoms with van der Waals surface area (Å²) in [5, 5.41) is 52.5. The number of aromatic carboxylic acids is 1. The number of aliphatic hydroxyl groups is 3. The maximum absolute atomic E-state index is 11.9. The van der Waals surface area contributed by atoms with Gasteiger partial charge in [0.05, 0.1) is 30.0 Å². The molecule has 13 heteroatoms. The zero-order valence-electron chi connectivity index (χ0n) is 17.4. The van der Waals surface area contributed by atoms with E-state index >= 15 is 0 Å². The molecule has 2 heterocycles. The summed E-state index contributed by atoms with van der Waals surface area (Å²) in [6, 6.07) is 4.16. The van der Waals surface area contributed by atoms with E-state index in [4.69, 9.17) is 4.74 Å². The molecule has 13 nitrogen and oxygen atoms in total. The molecule has 178 valence electrons. The molecular weight excluding hydrogens is 440 g/mol. The fraction of sp³-hybridized carbons (Fsp3) is 0.350. The maximum atomic E-state index is 11.9. The Hall–Kier alpha value is -3.65. The van der Waals surface area contributed by atoms with Gasteiger partial charge in [0, 0.05) is 18.7 Å². The molecule has 2 aliphatic rings. The van der Waals surface area contributed by atoms with E-state index in [0.29, 0.717) is 11.3 Å². The van der Waals surface area contributed by atoms with Crippen LogP contribution in [0.25, 0.3) is 5.70 Å².